The quantitative estimate of drug-likeness (QED) is 0.795. The van der Waals surface area contributed by atoms with Crippen LogP contribution in [0.4, 0.5) is 0 Å². The maximum Gasteiger partial charge on any atom is 0.245 e. The Labute approximate surface area is 102 Å². The lowest BCUT2D eigenvalue weighted by atomic mass is 10.6. The minimum Gasteiger partial charge on any atom is -0.318 e. The zero-order valence-electron chi connectivity index (χ0n) is 9.54. The fourth-order valence-electron chi connectivity index (χ4n) is 1.10. The Morgan fingerprint density at radius 1 is 1.56 bits per heavy atom. The van der Waals surface area contributed by atoms with Gasteiger partial charge in [0.1, 0.15) is 4.90 Å². The highest BCUT2D eigenvalue weighted by molar-refractivity contribution is 7.89. The lowest BCUT2D eigenvalue weighted by Gasteiger charge is -2.15. The third-order valence-electron chi connectivity index (χ3n) is 2.07. The number of aromatic nitrogens is 2. The summed E-state index contributed by atoms with van der Waals surface area (Å²) in [4.78, 5) is 0.226. The molecule has 1 heterocycles. The second-order valence-corrected chi connectivity index (χ2v) is 5.32. The van der Waals surface area contributed by atoms with E-state index in [2.05, 4.69) is 10.4 Å². The maximum atomic E-state index is 11.9. The molecule has 1 N–H and O–H groups in total. The van der Waals surface area contributed by atoms with Crippen molar-refractivity contribution in [1.29, 1.82) is 0 Å². The number of nitrogens with one attached hydrogen (secondary N) is 1. The van der Waals surface area contributed by atoms with Gasteiger partial charge < -0.3 is 5.32 Å². The summed E-state index contributed by atoms with van der Waals surface area (Å²) in [5.74, 6) is 0. The molecule has 1 rings (SSSR count). The lowest BCUT2D eigenvalue weighted by Crippen LogP contribution is -2.32. The van der Waals surface area contributed by atoms with Crippen molar-refractivity contribution in [3.05, 3.63) is 12.4 Å². The molecule has 0 spiro atoms. The van der Waals surface area contributed by atoms with E-state index in [0.29, 0.717) is 13.1 Å². The van der Waals surface area contributed by atoms with Gasteiger partial charge in [0.25, 0.3) is 0 Å². The van der Waals surface area contributed by atoms with E-state index in [9.17, 15) is 8.42 Å². The highest BCUT2D eigenvalue weighted by Crippen LogP contribution is 2.11. The van der Waals surface area contributed by atoms with Crippen LogP contribution < -0.4 is 5.32 Å². The Bertz CT molecular complexity index is 417. The van der Waals surface area contributed by atoms with Crippen molar-refractivity contribution in [2.75, 3.05) is 27.2 Å². The van der Waals surface area contributed by atoms with Gasteiger partial charge in [-0.1, -0.05) is 0 Å². The van der Waals surface area contributed by atoms with Gasteiger partial charge in [0.05, 0.1) is 6.20 Å². The predicted octanol–water partition coefficient (Wildman–Crippen LogP) is -0.318. The molecule has 0 aliphatic heterocycles. The molecule has 6 nitrogen and oxygen atoms in total. The first-order chi connectivity index (χ1) is 6.98. The number of rotatable bonds is 5. The number of nitrogens with zero attached hydrogens (tertiary/aromatic N) is 3. The van der Waals surface area contributed by atoms with Gasteiger partial charge in [0, 0.05) is 33.4 Å². The molecule has 1 aromatic rings. The number of sulfonamides is 1. The highest BCUT2D eigenvalue weighted by Gasteiger charge is 2.21. The fraction of sp³-hybridized carbons (Fsp3) is 0.625. The molecule has 0 saturated carbocycles. The van der Waals surface area contributed by atoms with E-state index in [0.717, 1.165) is 0 Å². The van der Waals surface area contributed by atoms with Gasteiger partial charge in [0.15, 0.2) is 0 Å². The summed E-state index contributed by atoms with van der Waals surface area (Å²) >= 11 is 0. The van der Waals surface area contributed by atoms with Gasteiger partial charge in [-0.2, -0.15) is 9.40 Å². The van der Waals surface area contributed by atoms with Gasteiger partial charge in [-0.15, -0.1) is 12.4 Å². The Kier molecular flexibility index (Phi) is 5.95. The van der Waals surface area contributed by atoms with Gasteiger partial charge in [-0.3, -0.25) is 4.68 Å². The third-order valence-corrected chi connectivity index (χ3v) is 3.88. The first-order valence-electron chi connectivity index (χ1n) is 4.58. The summed E-state index contributed by atoms with van der Waals surface area (Å²) in [5.41, 5.74) is 0. The van der Waals surface area contributed by atoms with E-state index in [1.165, 1.54) is 21.4 Å². The summed E-state index contributed by atoms with van der Waals surface area (Å²) in [6.45, 7) is 1.06. The smallest absolute Gasteiger partial charge is 0.245 e. The molecule has 0 aliphatic rings. The molecule has 0 atom stereocenters. The largest absolute Gasteiger partial charge is 0.318 e. The highest BCUT2D eigenvalue weighted by atomic mass is 35.5. The van der Waals surface area contributed by atoms with Crippen molar-refractivity contribution in [3.8, 4) is 0 Å². The molecule has 0 fully saturated rings. The van der Waals surface area contributed by atoms with Gasteiger partial charge >= 0.3 is 0 Å². The average molecular weight is 269 g/mol. The molecular weight excluding hydrogens is 252 g/mol. The van der Waals surface area contributed by atoms with Gasteiger partial charge in [0.2, 0.25) is 10.0 Å². The topological polar surface area (TPSA) is 67.2 Å². The number of hydrogen-bond acceptors (Lipinski definition) is 4. The minimum absolute atomic E-state index is 0. The van der Waals surface area contributed by atoms with Crippen LogP contribution in [0.1, 0.15) is 0 Å². The molecule has 8 heteroatoms. The van der Waals surface area contributed by atoms with Crippen molar-refractivity contribution in [2.24, 2.45) is 7.05 Å². The SMILES string of the molecule is CNCCN(C)S(=O)(=O)c1cnn(C)c1.Cl. The Balaban J connectivity index is 0.00000225. The van der Waals surface area contributed by atoms with E-state index >= 15 is 0 Å². The lowest BCUT2D eigenvalue weighted by molar-refractivity contribution is 0.466. The van der Waals surface area contributed by atoms with Crippen molar-refractivity contribution in [1.82, 2.24) is 19.4 Å². The molecule has 0 saturated heterocycles. The van der Waals surface area contributed by atoms with Crippen LogP contribution in [-0.4, -0.2) is 49.7 Å². The first kappa shape index (κ1) is 15.4. The summed E-state index contributed by atoms with van der Waals surface area (Å²) in [5, 5.41) is 6.74. The summed E-state index contributed by atoms with van der Waals surface area (Å²) in [7, 11) is 1.64. The summed E-state index contributed by atoms with van der Waals surface area (Å²) < 4.78 is 26.6. The van der Waals surface area contributed by atoms with Crippen molar-refractivity contribution in [2.45, 2.75) is 4.90 Å². The molecule has 0 aromatic carbocycles. The predicted molar refractivity (Wildman–Crippen MR) is 64.2 cm³/mol. The van der Waals surface area contributed by atoms with E-state index in [1.54, 1.807) is 21.1 Å². The zero-order valence-corrected chi connectivity index (χ0v) is 11.2. The molecule has 94 valence electrons. The summed E-state index contributed by atoms with van der Waals surface area (Å²) in [6, 6.07) is 0. The van der Waals surface area contributed by atoms with Crippen LogP contribution in [0.15, 0.2) is 17.3 Å². The maximum absolute atomic E-state index is 11.9. The molecule has 0 bridgehead atoms. The molecule has 0 radical (unpaired) electrons. The average Bonchev–Trinajstić information content (AvgIpc) is 2.61. The van der Waals surface area contributed by atoms with Crippen LogP contribution in [-0.2, 0) is 17.1 Å². The third kappa shape index (κ3) is 3.44. The zero-order chi connectivity index (χ0) is 11.5. The van der Waals surface area contributed by atoms with Crippen LogP contribution in [0.2, 0.25) is 0 Å². The molecule has 0 aliphatic carbocycles. The van der Waals surface area contributed by atoms with E-state index in [1.807, 2.05) is 0 Å². The summed E-state index contributed by atoms with van der Waals surface area (Å²) in [6.07, 6.45) is 2.84. The van der Waals surface area contributed by atoms with E-state index in [-0.39, 0.29) is 17.3 Å². The minimum atomic E-state index is -3.38. The van der Waals surface area contributed by atoms with Crippen LogP contribution in [0.3, 0.4) is 0 Å². The Hall–Kier alpha value is -0.630. The second-order valence-electron chi connectivity index (χ2n) is 3.28. The number of halogens is 1. The van der Waals surface area contributed by atoms with Gasteiger partial charge in [-0.25, -0.2) is 8.42 Å². The van der Waals surface area contributed by atoms with Crippen LogP contribution in [0.25, 0.3) is 0 Å². The molecule has 0 unspecified atom stereocenters. The van der Waals surface area contributed by atoms with Crippen molar-refractivity contribution >= 4 is 22.4 Å². The number of aryl methyl sites for hydroxylation is 1. The van der Waals surface area contributed by atoms with E-state index < -0.39 is 10.0 Å². The second kappa shape index (κ2) is 6.19. The molecular formula is C8H17ClN4O2S. The van der Waals surface area contributed by atoms with Crippen LogP contribution in [0.5, 0.6) is 0 Å². The van der Waals surface area contributed by atoms with Crippen LogP contribution in [0, 0.1) is 0 Å². The normalized spacial score (nSPS) is 11.5. The Morgan fingerprint density at radius 2 is 2.19 bits per heavy atom. The standard InChI is InChI=1S/C8H16N4O2S.ClH/c1-9-4-5-12(3)15(13,14)8-6-10-11(2)7-8;/h6-7,9H,4-5H2,1-3H3;1H. The Morgan fingerprint density at radius 3 is 2.62 bits per heavy atom. The number of hydrogen-bond donors (Lipinski definition) is 1. The van der Waals surface area contributed by atoms with Crippen molar-refractivity contribution in [3.63, 3.8) is 0 Å². The van der Waals surface area contributed by atoms with Crippen LogP contribution >= 0.6 is 12.4 Å². The molecule has 0 amide bonds. The molecule has 1 aromatic heterocycles. The monoisotopic (exact) mass is 268 g/mol. The van der Waals surface area contributed by atoms with E-state index in [4.69, 9.17) is 0 Å². The molecule has 16 heavy (non-hydrogen) atoms. The van der Waals surface area contributed by atoms with Gasteiger partial charge in [-0.05, 0) is 7.05 Å². The first-order valence-corrected chi connectivity index (χ1v) is 6.02. The fourth-order valence-corrected chi connectivity index (χ4v) is 2.26. The van der Waals surface area contributed by atoms with Crippen molar-refractivity contribution < 1.29 is 8.42 Å². The number of likely N-dealkylation sites (N-methyl/N-ethyl adjacent to an activating group) is 2.